The summed E-state index contributed by atoms with van der Waals surface area (Å²) in [7, 11) is 0. The molecule has 144 valence electrons. The third kappa shape index (κ3) is 3.71. The van der Waals surface area contributed by atoms with Crippen molar-refractivity contribution in [1.29, 1.82) is 0 Å². The third-order valence-corrected chi connectivity index (χ3v) is 6.66. The molecule has 0 fully saturated rings. The summed E-state index contributed by atoms with van der Waals surface area (Å²) in [4.78, 5) is 5.84. The van der Waals surface area contributed by atoms with E-state index in [0.29, 0.717) is 16.7 Å². The molecule has 2 aromatic heterocycles. The van der Waals surface area contributed by atoms with E-state index in [9.17, 15) is 0 Å². The predicted octanol–water partition coefficient (Wildman–Crippen LogP) is 5.70. The van der Waals surface area contributed by atoms with E-state index < -0.39 is 0 Å². The fraction of sp³-hybridized carbons (Fsp3) is 0.136. The number of thioether (sulfide) groups is 1. The standard InChI is InChI=1S/C22H18N4OS2/c1-14-11-12-28-19(14)21-23-17-10-6-5-9-16(17)18-20(27-21)24-22(26-25-18)29-13-15-7-3-2-4-8-15/h2-12,21,23H,13H2,1H3/t21-/m0/s1. The Bertz CT molecular complexity index is 1150. The molecule has 0 amide bonds. The number of thiophene rings is 1. The van der Waals surface area contributed by atoms with Crippen molar-refractivity contribution in [2.24, 2.45) is 0 Å². The van der Waals surface area contributed by atoms with Gasteiger partial charge in [-0.15, -0.1) is 21.5 Å². The highest BCUT2D eigenvalue weighted by atomic mass is 32.2. The molecule has 4 aromatic rings. The summed E-state index contributed by atoms with van der Waals surface area (Å²) in [5.41, 5.74) is 4.97. The van der Waals surface area contributed by atoms with Crippen LogP contribution in [0.3, 0.4) is 0 Å². The van der Waals surface area contributed by atoms with E-state index in [1.165, 1.54) is 11.1 Å². The number of benzene rings is 2. The molecule has 0 saturated carbocycles. The summed E-state index contributed by atoms with van der Waals surface area (Å²) in [5, 5.41) is 15.0. The first kappa shape index (κ1) is 18.1. The lowest BCUT2D eigenvalue weighted by Crippen LogP contribution is -2.16. The monoisotopic (exact) mass is 418 g/mol. The first-order chi connectivity index (χ1) is 14.3. The van der Waals surface area contributed by atoms with Crippen LogP contribution in [0.1, 0.15) is 22.2 Å². The molecular weight excluding hydrogens is 400 g/mol. The average Bonchev–Trinajstić information content (AvgIpc) is 3.11. The average molecular weight is 419 g/mol. The lowest BCUT2D eigenvalue weighted by atomic mass is 10.1. The van der Waals surface area contributed by atoms with Crippen molar-refractivity contribution in [3.8, 4) is 17.1 Å². The minimum atomic E-state index is -0.318. The molecule has 0 bridgehead atoms. The van der Waals surface area contributed by atoms with Gasteiger partial charge < -0.3 is 10.1 Å². The molecule has 0 radical (unpaired) electrons. The summed E-state index contributed by atoms with van der Waals surface area (Å²) in [5.74, 6) is 1.29. The minimum Gasteiger partial charge on any atom is -0.447 e. The Kier molecular flexibility index (Phi) is 4.91. The van der Waals surface area contributed by atoms with Gasteiger partial charge in [-0.2, -0.15) is 4.98 Å². The first-order valence-electron chi connectivity index (χ1n) is 9.26. The van der Waals surface area contributed by atoms with Gasteiger partial charge in [-0.3, -0.25) is 0 Å². The van der Waals surface area contributed by atoms with Gasteiger partial charge in [-0.25, -0.2) is 0 Å². The molecule has 1 aliphatic rings. The Labute approximate surface area is 177 Å². The Balaban J connectivity index is 1.51. The molecule has 5 nitrogen and oxygen atoms in total. The number of aryl methyl sites for hydroxylation is 1. The van der Waals surface area contributed by atoms with Gasteiger partial charge in [0.05, 0.1) is 4.88 Å². The van der Waals surface area contributed by atoms with Gasteiger partial charge in [0.1, 0.15) is 0 Å². The van der Waals surface area contributed by atoms with Crippen LogP contribution in [0.2, 0.25) is 0 Å². The SMILES string of the molecule is Cc1ccsc1[C@H]1Nc2ccccc2-c2nnc(SCc3ccccc3)nc2O1. The Hall–Kier alpha value is -2.90. The Morgan fingerprint density at radius 3 is 2.69 bits per heavy atom. The van der Waals surface area contributed by atoms with E-state index in [1.54, 1.807) is 23.1 Å². The zero-order valence-electron chi connectivity index (χ0n) is 15.7. The minimum absolute atomic E-state index is 0.318. The maximum absolute atomic E-state index is 6.33. The van der Waals surface area contributed by atoms with Gasteiger partial charge in [-0.05, 0) is 35.6 Å². The molecule has 7 heteroatoms. The number of ether oxygens (including phenoxy) is 1. The van der Waals surface area contributed by atoms with Gasteiger partial charge in [0.25, 0.3) is 0 Å². The number of fused-ring (bicyclic) bond motifs is 3. The summed E-state index contributed by atoms with van der Waals surface area (Å²) >= 11 is 3.22. The number of aromatic nitrogens is 3. The number of hydrogen-bond donors (Lipinski definition) is 1. The largest absolute Gasteiger partial charge is 0.447 e. The van der Waals surface area contributed by atoms with Gasteiger partial charge in [0.2, 0.25) is 17.3 Å². The molecule has 5 rings (SSSR count). The van der Waals surface area contributed by atoms with Crippen molar-refractivity contribution in [3.63, 3.8) is 0 Å². The highest BCUT2D eigenvalue weighted by molar-refractivity contribution is 7.98. The van der Waals surface area contributed by atoms with Crippen LogP contribution in [0.5, 0.6) is 5.88 Å². The van der Waals surface area contributed by atoms with Crippen molar-refractivity contribution in [2.45, 2.75) is 24.1 Å². The molecule has 0 unspecified atom stereocenters. The normalized spacial score (nSPS) is 14.9. The molecule has 0 saturated heterocycles. The quantitative estimate of drug-likeness (QED) is 0.429. The van der Waals surface area contributed by atoms with Crippen LogP contribution in [-0.2, 0) is 5.75 Å². The van der Waals surface area contributed by atoms with Gasteiger partial charge in [-0.1, -0.05) is 60.3 Å². The molecule has 0 aliphatic carbocycles. The summed E-state index contributed by atoms with van der Waals surface area (Å²) < 4.78 is 6.33. The van der Waals surface area contributed by atoms with Crippen molar-refractivity contribution in [2.75, 3.05) is 5.32 Å². The van der Waals surface area contributed by atoms with E-state index in [2.05, 4.69) is 46.0 Å². The van der Waals surface area contributed by atoms with Gasteiger partial charge >= 0.3 is 0 Å². The van der Waals surface area contributed by atoms with Crippen LogP contribution in [0, 0.1) is 6.92 Å². The fourth-order valence-electron chi connectivity index (χ4n) is 3.20. The number of rotatable bonds is 4. The van der Waals surface area contributed by atoms with Crippen molar-refractivity contribution >= 4 is 28.8 Å². The fourth-order valence-corrected chi connectivity index (χ4v) is 4.84. The lowest BCUT2D eigenvalue weighted by Gasteiger charge is -2.18. The van der Waals surface area contributed by atoms with Crippen molar-refractivity contribution in [3.05, 3.63) is 82.0 Å². The number of nitrogens with zero attached hydrogens (tertiary/aromatic N) is 3. The maximum atomic E-state index is 6.33. The zero-order valence-corrected chi connectivity index (χ0v) is 17.3. The van der Waals surface area contributed by atoms with Crippen LogP contribution >= 0.6 is 23.1 Å². The van der Waals surface area contributed by atoms with Crippen LogP contribution < -0.4 is 10.1 Å². The second-order valence-corrected chi connectivity index (χ2v) is 8.57. The lowest BCUT2D eigenvalue weighted by molar-refractivity contribution is 0.228. The van der Waals surface area contributed by atoms with Crippen LogP contribution in [0.15, 0.2) is 71.2 Å². The Morgan fingerprint density at radius 1 is 1.03 bits per heavy atom. The first-order valence-corrected chi connectivity index (χ1v) is 11.1. The predicted molar refractivity (Wildman–Crippen MR) is 117 cm³/mol. The van der Waals surface area contributed by atoms with E-state index in [4.69, 9.17) is 9.72 Å². The van der Waals surface area contributed by atoms with Crippen LogP contribution in [0.4, 0.5) is 5.69 Å². The smallest absolute Gasteiger partial charge is 0.247 e. The van der Waals surface area contributed by atoms with E-state index in [1.807, 2.05) is 42.5 Å². The number of hydrogen-bond acceptors (Lipinski definition) is 7. The molecule has 1 atom stereocenters. The van der Waals surface area contributed by atoms with E-state index >= 15 is 0 Å². The molecule has 1 aliphatic heterocycles. The number of nitrogens with one attached hydrogen (secondary N) is 1. The molecular formula is C22H18N4OS2. The van der Waals surface area contributed by atoms with E-state index in [-0.39, 0.29) is 6.23 Å². The summed E-state index contributed by atoms with van der Waals surface area (Å²) in [6.07, 6.45) is -0.318. The van der Waals surface area contributed by atoms with Gasteiger partial charge in [0.15, 0.2) is 5.69 Å². The second kappa shape index (κ2) is 7.85. The highest BCUT2D eigenvalue weighted by Crippen LogP contribution is 2.41. The molecule has 2 aromatic carbocycles. The van der Waals surface area contributed by atoms with Crippen LogP contribution in [0.25, 0.3) is 11.3 Å². The van der Waals surface area contributed by atoms with Crippen molar-refractivity contribution in [1.82, 2.24) is 15.2 Å². The topological polar surface area (TPSA) is 59.9 Å². The Morgan fingerprint density at radius 2 is 1.86 bits per heavy atom. The molecule has 1 N–H and O–H groups in total. The molecule has 3 heterocycles. The molecule has 29 heavy (non-hydrogen) atoms. The van der Waals surface area contributed by atoms with Crippen LogP contribution in [-0.4, -0.2) is 15.2 Å². The summed E-state index contributed by atoms with van der Waals surface area (Å²) in [6.45, 7) is 2.09. The number of anilines is 1. The summed E-state index contributed by atoms with van der Waals surface area (Å²) in [6, 6.07) is 20.4. The third-order valence-electron chi connectivity index (χ3n) is 4.68. The number of para-hydroxylation sites is 1. The van der Waals surface area contributed by atoms with E-state index in [0.717, 1.165) is 21.9 Å². The van der Waals surface area contributed by atoms with Crippen molar-refractivity contribution < 1.29 is 4.74 Å². The van der Waals surface area contributed by atoms with Gasteiger partial charge in [0, 0.05) is 17.0 Å². The maximum Gasteiger partial charge on any atom is 0.247 e. The second-order valence-electron chi connectivity index (χ2n) is 6.68. The zero-order chi connectivity index (χ0) is 19.6. The molecule has 0 spiro atoms. The highest BCUT2D eigenvalue weighted by Gasteiger charge is 2.27.